The minimum atomic E-state index is -3.19. The van der Waals surface area contributed by atoms with E-state index in [1.54, 1.807) is 18.3 Å². The molecule has 152 valence electrons. The Labute approximate surface area is 168 Å². The van der Waals surface area contributed by atoms with Gasteiger partial charge in [-0.25, -0.2) is 24.5 Å². The summed E-state index contributed by atoms with van der Waals surface area (Å²) < 4.78 is 28.7. The molecule has 0 bridgehead atoms. The van der Waals surface area contributed by atoms with Gasteiger partial charge in [-0.2, -0.15) is 18.9 Å². The van der Waals surface area contributed by atoms with Crippen LogP contribution in [0.3, 0.4) is 0 Å². The first-order valence-corrected chi connectivity index (χ1v) is 8.72. The lowest BCUT2D eigenvalue weighted by Crippen LogP contribution is -2.13. The van der Waals surface area contributed by atoms with Gasteiger partial charge in [0.05, 0.1) is 11.4 Å². The summed E-state index contributed by atoms with van der Waals surface area (Å²) in [4.78, 5) is 31.6. The van der Waals surface area contributed by atoms with E-state index in [9.17, 15) is 13.6 Å². The Kier molecular flexibility index (Phi) is 4.74. The summed E-state index contributed by atoms with van der Waals surface area (Å²) in [6, 6.07) is 4.71. The van der Waals surface area contributed by atoms with Crippen molar-refractivity contribution in [1.29, 1.82) is 0 Å². The Morgan fingerprint density at radius 1 is 1.13 bits per heavy atom. The minimum Gasteiger partial charge on any atom is -0.339 e. The van der Waals surface area contributed by atoms with Crippen LogP contribution in [0.1, 0.15) is 19.7 Å². The Morgan fingerprint density at radius 2 is 1.97 bits per heavy atom. The second-order valence-corrected chi connectivity index (χ2v) is 6.39. The number of carbonyl (C=O) groups is 1. The highest BCUT2D eigenvalue weighted by Gasteiger charge is 2.28. The molecule has 0 unspecified atom stereocenters. The van der Waals surface area contributed by atoms with Crippen molar-refractivity contribution in [2.75, 3.05) is 10.6 Å². The van der Waals surface area contributed by atoms with Gasteiger partial charge in [0.1, 0.15) is 18.0 Å². The van der Waals surface area contributed by atoms with Gasteiger partial charge >= 0.3 is 5.92 Å². The molecular formula is C18H15F2N9O. The maximum Gasteiger partial charge on any atom is 0.303 e. The number of pyridine rings is 1. The lowest BCUT2D eigenvalue weighted by Gasteiger charge is -2.14. The summed E-state index contributed by atoms with van der Waals surface area (Å²) in [6.07, 6.45) is 5.78. The number of halogens is 2. The standard InChI is InChI=1S/C18H15F2N9O/c1-10(30)25-15-7-13(26-14-3-5-21-16(28-14)18(2,19)20)11(8-22-15)12-4-6-29-17(27-12)23-9-24-29/h3-9H,1-2H3,(H2,21,22,25,26,28,30). The first-order valence-electron chi connectivity index (χ1n) is 8.72. The average Bonchev–Trinajstić information content (AvgIpc) is 3.15. The Hall–Kier alpha value is -4.09. The van der Waals surface area contributed by atoms with E-state index in [2.05, 4.69) is 40.7 Å². The van der Waals surface area contributed by atoms with Gasteiger partial charge in [-0.05, 0) is 12.1 Å². The van der Waals surface area contributed by atoms with Crippen LogP contribution < -0.4 is 10.6 Å². The van der Waals surface area contributed by atoms with Gasteiger partial charge in [0.2, 0.25) is 11.7 Å². The summed E-state index contributed by atoms with van der Waals surface area (Å²) in [5.74, 6) is -3.33. The number of rotatable bonds is 5. The number of nitrogens with zero attached hydrogens (tertiary/aromatic N) is 7. The van der Waals surface area contributed by atoms with Crippen molar-refractivity contribution in [3.8, 4) is 11.3 Å². The second kappa shape index (κ2) is 7.39. The van der Waals surface area contributed by atoms with E-state index in [4.69, 9.17) is 0 Å². The van der Waals surface area contributed by atoms with Crippen LogP contribution in [0.4, 0.5) is 26.1 Å². The lowest BCUT2D eigenvalue weighted by atomic mass is 10.1. The molecule has 0 fully saturated rings. The topological polar surface area (TPSA) is 123 Å². The third-order valence-electron chi connectivity index (χ3n) is 3.94. The third-order valence-corrected chi connectivity index (χ3v) is 3.94. The molecule has 12 heteroatoms. The molecule has 0 atom stereocenters. The lowest BCUT2D eigenvalue weighted by molar-refractivity contribution is -0.114. The highest BCUT2D eigenvalue weighted by molar-refractivity contribution is 5.89. The van der Waals surface area contributed by atoms with E-state index in [1.165, 1.54) is 36.2 Å². The number of hydrogen-bond acceptors (Lipinski definition) is 8. The molecular weight excluding hydrogens is 396 g/mol. The predicted octanol–water partition coefficient (Wildman–Crippen LogP) is 2.79. The SMILES string of the molecule is CC(=O)Nc1cc(Nc2ccnc(C(C)(F)F)n2)c(-c2ccn3ncnc3n2)cn1. The number of amides is 1. The fourth-order valence-corrected chi connectivity index (χ4v) is 2.65. The number of anilines is 3. The Bertz CT molecular complexity index is 1240. The highest BCUT2D eigenvalue weighted by atomic mass is 19.3. The molecule has 4 aromatic rings. The van der Waals surface area contributed by atoms with Crippen molar-refractivity contribution in [2.45, 2.75) is 19.8 Å². The zero-order valence-electron chi connectivity index (χ0n) is 15.8. The van der Waals surface area contributed by atoms with E-state index >= 15 is 0 Å². The van der Waals surface area contributed by atoms with Crippen molar-refractivity contribution < 1.29 is 13.6 Å². The van der Waals surface area contributed by atoms with Crippen LogP contribution in [0, 0.1) is 0 Å². The molecule has 0 aliphatic heterocycles. The molecule has 0 spiro atoms. The van der Waals surface area contributed by atoms with E-state index in [1.807, 2.05) is 0 Å². The second-order valence-electron chi connectivity index (χ2n) is 6.39. The van der Waals surface area contributed by atoms with E-state index in [0.717, 1.165) is 6.92 Å². The maximum atomic E-state index is 13.6. The van der Waals surface area contributed by atoms with Gasteiger partial charge in [-0.1, -0.05) is 0 Å². The zero-order valence-corrected chi connectivity index (χ0v) is 15.8. The molecule has 30 heavy (non-hydrogen) atoms. The molecule has 1 amide bonds. The van der Waals surface area contributed by atoms with Crippen molar-refractivity contribution in [1.82, 2.24) is 34.5 Å². The molecule has 2 N–H and O–H groups in total. The average molecular weight is 411 g/mol. The third kappa shape index (κ3) is 4.01. The zero-order chi connectivity index (χ0) is 21.3. The van der Waals surface area contributed by atoms with Gasteiger partial charge in [0, 0.05) is 44.1 Å². The number of hydrogen-bond donors (Lipinski definition) is 2. The number of carbonyl (C=O) groups excluding carboxylic acids is 1. The Morgan fingerprint density at radius 3 is 2.73 bits per heavy atom. The monoisotopic (exact) mass is 411 g/mol. The van der Waals surface area contributed by atoms with Crippen LogP contribution in [0.5, 0.6) is 0 Å². The van der Waals surface area contributed by atoms with Gasteiger partial charge in [-0.15, -0.1) is 0 Å². The number of alkyl halides is 2. The van der Waals surface area contributed by atoms with Gasteiger partial charge < -0.3 is 10.6 Å². The van der Waals surface area contributed by atoms with Gasteiger partial charge in [0.15, 0.2) is 0 Å². The Balaban J connectivity index is 1.78. The van der Waals surface area contributed by atoms with Crippen LogP contribution >= 0.6 is 0 Å². The molecule has 4 heterocycles. The summed E-state index contributed by atoms with van der Waals surface area (Å²) in [6.45, 7) is 2.07. The molecule has 0 radical (unpaired) electrons. The van der Waals surface area contributed by atoms with Crippen LogP contribution in [0.15, 0.2) is 43.1 Å². The predicted molar refractivity (Wildman–Crippen MR) is 103 cm³/mol. The number of fused-ring (bicyclic) bond motifs is 1. The highest BCUT2D eigenvalue weighted by Crippen LogP contribution is 2.31. The van der Waals surface area contributed by atoms with Crippen molar-refractivity contribution >= 4 is 29.0 Å². The van der Waals surface area contributed by atoms with Gasteiger partial charge in [0.25, 0.3) is 5.78 Å². The van der Waals surface area contributed by atoms with Crippen LogP contribution in [-0.4, -0.2) is 40.4 Å². The van der Waals surface area contributed by atoms with Crippen molar-refractivity contribution in [3.63, 3.8) is 0 Å². The molecule has 0 aliphatic carbocycles. The van der Waals surface area contributed by atoms with E-state index in [0.29, 0.717) is 22.7 Å². The van der Waals surface area contributed by atoms with Crippen LogP contribution in [-0.2, 0) is 10.7 Å². The quantitative estimate of drug-likeness (QED) is 0.514. The summed E-state index contributed by atoms with van der Waals surface area (Å²) in [7, 11) is 0. The normalized spacial score (nSPS) is 11.5. The van der Waals surface area contributed by atoms with Crippen LogP contribution in [0.2, 0.25) is 0 Å². The fourth-order valence-electron chi connectivity index (χ4n) is 2.65. The smallest absolute Gasteiger partial charge is 0.303 e. The van der Waals surface area contributed by atoms with E-state index in [-0.39, 0.29) is 17.5 Å². The molecule has 4 rings (SSSR count). The summed E-state index contributed by atoms with van der Waals surface area (Å²) in [5.41, 5.74) is 1.49. The molecule has 0 aromatic carbocycles. The summed E-state index contributed by atoms with van der Waals surface area (Å²) in [5, 5.41) is 9.56. The molecule has 4 aromatic heterocycles. The largest absolute Gasteiger partial charge is 0.339 e. The first kappa shape index (κ1) is 19.2. The number of aromatic nitrogens is 7. The maximum absolute atomic E-state index is 13.6. The van der Waals surface area contributed by atoms with E-state index < -0.39 is 11.7 Å². The molecule has 10 nitrogen and oxygen atoms in total. The number of nitrogens with one attached hydrogen (secondary N) is 2. The molecule has 0 saturated heterocycles. The van der Waals surface area contributed by atoms with Gasteiger partial charge in [-0.3, -0.25) is 4.79 Å². The molecule has 0 aliphatic rings. The first-order chi connectivity index (χ1) is 14.3. The molecule has 0 saturated carbocycles. The summed E-state index contributed by atoms with van der Waals surface area (Å²) >= 11 is 0. The van der Waals surface area contributed by atoms with Crippen molar-refractivity contribution in [2.24, 2.45) is 0 Å². The minimum absolute atomic E-state index is 0.145. The van der Waals surface area contributed by atoms with Crippen molar-refractivity contribution in [3.05, 3.63) is 48.9 Å². The fraction of sp³-hybridized carbons (Fsp3) is 0.167. The van der Waals surface area contributed by atoms with Crippen LogP contribution in [0.25, 0.3) is 17.0 Å².